The van der Waals surface area contributed by atoms with Gasteiger partial charge in [-0.25, -0.2) is 0 Å². The van der Waals surface area contributed by atoms with Gasteiger partial charge in [-0.3, -0.25) is 4.90 Å². The SMILES string of the molecule is C=C[C@@H]1CC[C@@H](C(C)C)N1[C@H](CO)c1ccccc1. The minimum atomic E-state index is 0.0825. The van der Waals surface area contributed by atoms with Crippen LogP contribution >= 0.6 is 0 Å². The summed E-state index contributed by atoms with van der Waals surface area (Å²) in [7, 11) is 0. The average molecular weight is 259 g/mol. The summed E-state index contributed by atoms with van der Waals surface area (Å²) in [5, 5.41) is 9.88. The molecule has 104 valence electrons. The topological polar surface area (TPSA) is 23.5 Å². The van der Waals surface area contributed by atoms with E-state index in [9.17, 15) is 5.11 Å². The molecule has 1 fully saturated rings. The number of benzene rings is 1. The lowest BCUT2D eigenvalue weighted by Crippen LogP contribution is -2.42. The minimum Gasteiger partial charge on any atom is -0.394 e. The largest absolute Gasteiger partial charge is 0.394 e. The normalized spacial score (nSPS) is 25.7. The first kappa shape index (κ1) is 14.3. The first-order chi connectivity index (χ1) is 9.19. The standard InChI is InChI=1S/C17H25NO/c1-4-15-10-11-16(13(2)3)18(15)17(12-19)14-8-6-5-7-9-14/h4-9,13,15-17,19H,1,10-12H2,2-3H3/t15-,16+,17-/m1/s1. The maximum Gasteiger partial charge on any atom is 0.0628 e. The average Bonchev–Trinajstić information content (AvgIpc) is 2.85. The molecule has 0 bridgehead atoms. The Bertz CT molecular complexity index is 401. The van der Waals surface area contributed by atoms with Gasteiger partial charge in [-0.05, 0) is 24.3 Å². The van der Waals surface area contributed by atoms with Crippen molar-refractivity contribution in [3.63, 3.8) is 0 Å². The van der Waals surface area contributed by atoms with E-state index in [1.165, 1.54) is 12.0 Å². The number of likely N-dealkylation sites (tertiary alicyclic amines) is 1. The fraction of sp³-hybridized carbons (Fsp3) is 0.529. The van der Waals surface area contributed by atoms with Crippen LogP contribution in [0.3, 0.4) is 0 Å². The van der Waals surface area contributed by atoms with Gasteiger partial charge in [-0.1, -0.05) is 50.3 Å². The van der Waals surface area contributed by atoms with Crippen LogP contribution in [0.1, 0.15) is 38.3 Å². The van der Waals surface area contributed by atoms with Crippen LogP contribution in [0.2, 0.25) is 0 Å². The van der Waals surface area contributed by atoms with Gasteiger partial charge in [0.05, 0.1) is 12.6 Å². The van der Waals surface area contributed by atoms with Gasteiger partial charge in [-0.2, -0.15) is 0 Å². The van der Waals surface area contributed by atoms with Crippen LogP contribution in [0.5, 0.6) is 0 Å². The molecule has 1 aromatic rings. The van der Waals surface area contributed by atoms with E-state index in [2.05, 4.69) is 37.5 Å². The van der Waals surface area contributed by atoms with Gasteiger partial charge >= 0.3 is 0 Å². The zero-order valence-electron chi connectivity index (χ0n) is 12.0. The molecule has 2 rings (SSSR count). The summed E-state index contributed by atoms with van der Waals surface area (Å²) in [4.78, 5) is 2.47. The Balaban J connectivity index is 2.30. The predicted octanol–water partition coefficient (Wildman–Crippen LogP) is 3.40. The van der Waals surface area contributed by atoms with E-state index in [0.717, 1.165) is 6.42 Å². The lowest BCUT2D eigenvalue weighted by molar-refractivity contribution is 0.0736. The molecule has 1 saturated heterocycles. The van der Waals surface area contributed by atoms with E-state index in [4.69, 9.17) is 0 Å². The molecule has 1 aromatic carbocycles. The summed E-state index contributed by atoms with van der Waals surface area (Å²) in [5.74, 6) is 0.600. The Morgan fingerprint density at radius 2 is 2.00 bits per heavy atom. The lowest BCUT2D eigenvalue weighted by Gasteiger charge is -2.37. The van der Waals surface area contributed by atoms with E-state index in [1.807, 2.05) is 24.3 Å². The number of aliphatic hydroxyl groups excluding tert-OH is 1. The van der Waals surface area contributed by atoms with E-state index in [0.29, 0.717) is 18.0 Å². The number of rotatable bonds is 5. The second kappa shape index (κ2) is 6.36. The molecule has 1 aliphatic rings. The minimum absolute atomic E-state index is 0.0825. The van der Waals surface area contributed by atoms with Gasteiger partial charge < -0.3 is 5.11 Å². The van der Waals surface area contributed by atoms with Crippen molar-refractivity contribution in [1.82, 2.24) is 4.90 Å². The molecule has 0 amide bonds. The summed E-state index contributed by atoms with van der Waals surface area (Å²) in [6.45, 7) is 8.67. The van der Waals surface area contributed by atoms with Crippen molar-refractivity contribution < 1.29 is 5.11 Å². The van der Waals surface area contributed by atoms with Crippen LogP contribution < -0.4 is 0 Å². The van der Waals surface area contributed by atoms with Crippen molar-refractivity contribution in [1.29, 1.82) is 0 Å². The molecule has 2 heteroatoms. The van der Waals surface area contributed by atoms with E-state index >= 15 is 0 Å². The Morgan fingerprint density at radius 1 is 1.32 bits per heavy atom. The maximum atomic E-state index is 9.88. The highest BCUT2D eigenvalue weighted by Gasteiger charge is 2.38. The first-order valence-electron chi connectivity index (χ1n) is 7.24. The maximum absolute atomic E-state index is 9.88. The summed E-state index contributed by atoms with van der Waals surface area (Å²) in [6, 6.07) is 11.3. The highest BCUT2D eigenvalue weighted by atomic mass is 16.3. The van der Waals surface area contributed by atoms with Crippen LogP contribution in [-0.2, 0) is 0 Å². The molecule has 0 aromatic heterocycles. The van der Waals surface area contributed by atoms with Crippen molar-refractivity contribution in [2.75, 3.05) is 6.61 Å². The number of hydrogen-bond donors (Lipinski definition) is 1. The van der Waals surface area contributed by atoms with E-state index in [-0.39, 0.29) is 12.6 Å². The van der Waals surface area contributed by atoms with E-state index in [1.54, 1.807) is 0 Å². The molecule has 0 unspecified atom stereocenters. The number of aliphatic hydroxyl groups is 1. The van der Waals surface area contributed by atoms with Gasteiger partial charge in [-0.15, -0.1) is 6.58 Å². The molecule has 0 spiro atoms. The molecule has 1 aliphatic heterocycles. The predicted molar refractivity (Wildman–Crippen MR) is 80.0 cm³/mol. The zero-order chi connectivity index (χ0) is 13.8. The van der Waals surface area contributed by atoms with Crippen LogP contribution in [0.25, 0.3) is 0 Å². The van der Waals surface area contributed by atoms with Crippen molar-refractivity contribution in [2.45, 2.75) is 44.8 Å². The summed E-state index contributed by atoms with van der Waals surface area (Å²) in [6.07, 6.45) is 4.38. The molecule has 2 nitrogen and oxygen atoms in total. The van der Waals surface area contributed by atoms with Crippen molar-refractivity contribution in [3.05, 3.63) is 48.6 Å². The first-order valence-corrected chi connectivity index (χ1v) is 7.24. The molecule has 19 heavy (non-hydrogen) atoms. The highest BCUT2D eigenvalue weighted by molar-refractivity contribution is 5.21. The zero-order valence-corrected chi connectivity index (χ0v) is 12.0. The fourth-order valence-electron chi connectivity index (χ4n) is 3.31. The van der Waals surface area contributed by atoms with Gasteiger partial charge in [0.1, 0.15) is 0 Å². The lowest BCUT2D eigenvalue weighted by atomic mass is 9.98. The number of nitrogens with zero attached hydrogens (tertiary/aromatic N) is 1. The van der Waals surface area contributed by atoms with Crippen molar-refractivity contribution >= 4 is 0 Å². The fourth-order valence-corrected chi connectivity index (χ4v) is 3.31. The van der Waals surface area contributed by atoms with E-state index < -0.39 is 0 Å². The van der Waals surface area contributed by atoms with Crippen molar-refractivity contribution in [3.8, 4) is 0 Å². The molecule has 0 radical (unpaired) electrons. The van der Waals surface area contributed by atoms with Crippen LogP contribution in [-0.4, -0.2) is 28.7 Å². The molecule has 3 atom stereocenters. The van der Waals surface area contributed by atoms with Gasteiger partial charge in [0.2, 0.25) is 0 Å². The van der Waals surface area contributed by atoms with Crippen LogP contribution in [0, 0.1) is 5.92 Å². The number of hydrogen-bond acceptors (Lipinski definition) is 2. The highest BCUT2D eigenvalue weighted by Crippen LogP contribution is 2.37. The summed E-state index contributed by atoms with van der Waals surface area (Å²) >= 11 is 0. The van der Waals surface area contributed by atoms with Crippen LogP contribution in [0.4, 0.5) is 0 Å². The third kappa shape index (κ3) is 2.90. The molecular weight excluding hydrogens is 234 g/mol. The monoisotopic (exact) mass is 259 g/mol. The Kier molecular flexibility index (Phi) is 4.78. The smallest absolute Gasteiger partial charge is 0.0628 e. The summed E-state index contributed by atoms with van der Waals surface area (Å²) in [5.41, 5.74) is 1.20. The molecule has 1 N–H and O–H groups in total. The second-order valence-electron chi connectivity index (χ2n) is 5.75. The van der Waals surface area contributed by atoms with Gasteiger partial charge in [0.25, 0.3) is 0 Å². The third-order valence-corrected chi connectivity index (χ3v) is 4.28. The Hall–Kier alpha value is -1.12. The van der Waals surface area contributed by atoms with Crippen LogP contribution in [0.15, 0.2) is 43.0 Å². The Morgan fingerprint density at radius 3 is 2.53 bits per heavy atom. The quantitative estimate of drug-likeness (QED) is 0.819. The van der Waals surface area contributed by atoms with Crippen molar-refractivity contribution in [2.24, 2.45) is 5.92 Å². The summed E-state index contributed by atoms with van der Waals surface area (Å²) < 4.78 is 0. The Labute approximate surface area is 116 Å². The van der Waals surface area contributed by atoms with Gasteiger partial charge in [0, 0.05) is 12.1 Å². The molecule has 1 heterocycles. The van der Waals surface area contributed by atoms with Gasteiger partial charge in [0.15, 0.2) is 0 Å². The molecular formula is C17H25NO. The third-order valence-electron chi connectivity index (χ3n) is 4.28. The second-order valence-corrected chi connectivity index (χ2v) is 5.75. The molecule has 0 saturated carbocycles. The molecule has 0 aliphatic carbocycles.